The van der Waals surface area contributed by atoms with E-state index in [9.17, 15) is 4.79 Å². The van der Waals surface area contributed by atoms with Gasteiger partial charge in [-0.05, 0) is 104 Å². The molecule has 0 bridgehead atoms. The van der Waals surface area contributed by atoms with Gasteiger partial charge < -0.3 is 14.2 Å². The third-order valence-electron chi connectivity index (χ3n) is 14.0. The number of ketones is 1. The molecule has 4 unspecified atom stereocenters. The standard InChI is InChI=1S/C34H56O4/c1-22(35)34-17-15-29(2,3)19-24(34)23-11-12-27-30(4)20-25(37-9)28(38-10)31(5,21-36-8)26(30)13-14-33(27,7)32(23,6)16-18-34/h11,24-28H,12-21H2,1-10H3/t24-,25?,26?,27-,28?,30-,31?,32+,33+,34+/m0/s1. The third-order valence-corrected chi connectivity index (χ3v) is 14.0. The molecule has 5 rings (SSSR count). The fraction of sp³-hybridized carbons (Fsp3) is 0.912. The van der Waals surface area contributed by atoms with Crippen LogP contribution in [0.4, 0.5) is 0 Å². The van der Waals surface area contributed by atoms with Crippen LogP contribution in [0.1, 0.15) is 106 Å². The molecule has 0 aromatic heterocycles. The largest absolute Gasteiger partial charge is 0.384 e. The number of Topliss-reactive ketones (excluding diaryl/α,β-unsaturated/α-hetero) is 1. The summed E-state index contributed by atoms with van der Waals surface area (Å²) in [7, 11) is 5.55. The monoisotopic (exact) mass is 528 g/mol. The lowest BCUT2D eigenvalue weighted by Crippen LogP contribution is -2.68. The van der Waals surface area contributed by atoms with Gasteiger partial charge in [0.2, 0.25) is 0 Å². The van der Waals surface area contributed by atoms with Crippen molar-refractivity contribution < 1.29 is 19.0 Å². The van der Waals surface area contributed by atoms with E-state index in [0.717, 1.165) is 38.5 Å². The molecule has 0 aromatic carbocycles. The fourth-order valence-electron chi connectivity index (χ4n) is 11.9. The lowest BCUT2D eigenvalue weighted by atomic mass is 9.33. The van der Waals surface area contributed by atoms with E-state index in [1.54, 1.807) is 5.57 Å². The van der Waals surface area contributed by atoms with Crippen molar-refractivity contribution in [1.29, 1.82) is 0 Å². The summed E-state index contributed by atoms with van der Waals surface area (Å²) in [5.74, 6) is 1.95. The molecule has 4 nitrogen and oxygen atoms in total. The molecular weight excluding hydrogens is 472 g/mol. The van der Waals surface area contributed by atoms with E-state index in [-0.39, 0.29) is 39.3 Å². The van der Waals surface area contributed by atoms with Crippen LogP contribution in [0.5, 0.6) is 0 Å². The molecule has 5 aliphatic carbocycles. The molecule has 0 aromatic rings. The first-order chi connectivity index (χ1) is 17.7. The maximum absolute atomic E-state index is 13.3. The Balaban J connectivity index is 1.60. The molecule has 38 heavy (non-hydrogen) atoms. The minimum atomic E-state index is -0.139. The number of methoxy groups -OCH3 is 3. The molecule has 0 aliphatic heterocycles. The average Bonchev–Trinajstić information content (AvgIpc) is 2.83. The molecular formula is C34H56O4. The van der Waals surface area contributed by atoms with Crippen LogP contribution < -0.4 is 0 Å². The van der Waals surface area contributed by atoms with Crippen molar-refractivity contribution in [1.82, 2.24) is 0 Å². The lowest BCUT2D eigenvalue weighted by molar-refractivity contribution is -0.254. The van der Waals surface area contributed by atoms with Crippen LogP contribution in [0.25, 0.3) is 0 Å². The first kappa shape index (κ1) is 28.8. The molecule has 0 amide bonds. The number of ether oxygens (including phenoxy) is 3. The topological polar surface area (TPSA) is 44.8 Å². The van der Waals surface area contributed by atoms with E-state index in [1.807, 2.05) is 28.3 Å². The zero-order valence-electron chi connectivity index (χ0n) is 26.2. The third kappa shape index (κ3) is 3.60. The van der Waals surface area contributed by atoms with Crippen molar-refractivity contribution in [3.63, 3.8) is 0 Å². The van der Waals surface area contributed by atoms with Crippen LogP contribution in [0.15, 0.2) is 11.6 Å². The summed E-state index contributed by atoms with van der Waals surface area (Å²) in [6, 6.07) is 0. The highest BCUT2D eigenvalue weighted by Crippen LogP contribution is 2.76. The van der Waals surface area contributed by atoms with Crippen LogP contribution in [0.3, 0.4) is 0 Å². The zero-order valence-corrected chi connectivity index (χ0v) is 26.2. The number of fused-ring (bicyclic) bond motifs is 7. The Labute approximate surface area is 233 Å². The van der Waals surface area contributed by atoms with Gasteiger partial charge in [0.25, 0.3) is 0 Å². The second kappa shape index (κ2) is 9.15. The summed E-state index contributed by atoms with van der Waals surface area (Å²) in [6.45, 7) is 17.7. The van der Waals surface area contributed by atoms with Crippen molar-refractivity contribution in [3.8, 4) is 0 Å². The number of allylic oxidation sites excluding steroid dienone is 2. The first-order valence-corrected chi connectivity index (χ1v) is 15.5. The summed E-state index contributed by atoms with van der Waals surface area (Å²) in [6.07, 6.45) is 13.0. The smallest absolute Gasteiger partial charge is 0.136 e. The summed E-state index contributed by atoms with van der Waals surface area (Å²) >= 11 is 0. The first-order valence-electron chi connectivity index (χ1n) is 15.5. The minimum absolute atomic E-state index is 0.0375. The van der Waals surface area contributed by atoms with E-state index >= 15 is 0 Å². The van der Waals surface area contributed by atoms with E-state index in [4.69, 9.17) is 14.2 Å². The SMILES string of the molecule is COCC1(C)C(OC)C(OC)C[C@@]2(C)C1CC[C@]1(C)[C@H]2CC=C2[C@@H]3CC(C)(C)CC[C@]3(C(C)=O)CC[C@]21C. The van der Waals surface area contributed by atoms with Crippen LogP contribution >= 0.6 is 0 Å². The van der Waals surface area contributed by atoms with Gasteiger partial charge in [-0.15, -0.1) is 0 Å². The Morgan fingerprint density at radius 1 is 0.895 bits per heavy atom. The van der Waals surface area contributed by atoms with E-state index < -0.39 is 0 Å². The van der Waals surface area contributed by atoms with Gasteiger partial charge in [-0.3, -0.25) is 4.79 Å². The summed E-state index contributed by atoms with van der Waals surface area (Å²) < 4.78 is 18.3. The van der Waals surface area contributed by atoms with Gasteiger partial charge in [-0.25, -0.2) is 0 Å². The number of rotatable bonds is 5. The number of carbonyl (C=O) groups is 1. The molecule has 0 spiro atoms. The molecule has 5 aliphatic rings. The predicted octanol–water partition coefficient (Wildman–Crippen LogP) is 7.64. The normalized spacial score (nSPS) is 51.6. The Bertz CT molecular complexity index is 985. The van der Waals surface area contributed by atoms with Crippen molar-refractivity contribution in [2.45, 2.75) is 118 Å². The highest BCUT2D eigenvalue weighted by molar-refractivity contribution is 5.84. The average molecular weight is 529 g/mol. The van der Waals surface area contributed by atoms with Gasteiger partial charge in [0.1, 0.15) is 5.78 Å². The minimum Gasteiger partial charge on any atom is -0.384 e. The molecule has 216 valence electrons. The number of hydrogen-bond acceptors (Lipinski definition) is 4. The maximum atomic E-state index is 13.3. The Morgan fingerprint density at radius 3 is 2.18 bits per heavy atom. The van der Waals surface area contributed by atoms with Crippen LogP contribution in [0.2, 0.25) is 0 Å². The Kier molecular flexibility index (Phi) is 6.93. The quantitative estimate of drug-likeness (QED) is 0.344. The fourth-order valence-corrected chi connectivity index (χ4v) is 11.9. The lowest BCUT2D eigenvalue weighted by Gasteiger charge is -2.72. The van der Waals surface area contributed by atoms with Crippen LogP contribution in [-0.4, -0.2) is 45.9 Å². The van der Waals surface area contributed by atoms with Crippen molar-refractivity contribution in [3.05, 3.63) is 11.6 Å². The van der Waals surface area contributed by atoms with Crippen LogP contribution in [0, 0.1) is 50.2 Å². The molecule has 0 heterocycles. The van der Waals surface area contributed by atoms with Gasteiger partial charge in [-0.2, -0.15) is 0 Å². The van der Waals surface area contributed by atoms with Gasteiger partial charge >= 0.3 is 0 Å². The predicted molar refractivity (Wildman–Crippen MR) is 153 cm³/mol. The molecule has 0 radical (unpaired) electrons. The molecule has 0 N–H and O–H groups in total. The number of hydrogen-bond donors (Lipinski definition) is 0. The van der Waals surface area contributed by atoms with Gasteiger partial charge in [0.05, 0.1) is 18.8 Å². The zero-order chi connectivity index (χ0) is 27.9. The molecule has 10 atom stereocenters. The molecule has 4 saturated carbocycles. The van der Waals surface area contributed by atoms with Gasteiger partial charge in [0.15, 0.2) is 0 Å². The molecule has 4 heteroatoms. The Morgan fingerprint density at radius 2 is 1.58 bits per heavy atom. The second-order valence-corrected chi connectivity index (χ2v) is 16.0. The van der Waals surface area contributed by atoms with E-state index in [0.29, 0.717) is 35.6 Å². The molecule has 0 saturated heterocycles. The van der Waals surface area contributed by atoms with Gasteiger partial charge in [-0.1, -0.05) is 53.2 Å². The summed E-state index contributed by atoms with van der Waals surface area (Å²) in [5.41, 5.74) is 2.21. The van der Waals surface area contributed by atoms with Crippen molar-refractivity contribution >= 4 is 5.78 Å². The van der Waals surface area contributed by atoms with Crippen molar-refractivity contribution in [2.24, 2.45) is 50.2 Å². The Hall–Kier alpha value is -0.710. The number of carbonyl (C=O) groups excluding carboxylic acids is 1. The highest BCUT2D eigenvalue weighted by Gasteiger charge is 2.70. The van der Waals surface area contributed by atoms with E-state index in [2.05, 4.69) is 47.6 Å². The van der Waals surface area contributed by atoms with Gasteiger partial charge in [0, 0.05) is 32.2 Å². The molecule has 4 fully saturated rings. The van der Waals surface area contributed by atoms with Crippen molar-refractivity contribution in [2.75, 3.05) is 27.9 Å². The maximum Gasteiger partial charge on any atom is 0.136 e. The highest BCUT2D eigenvalue weighted by atomic mass is 16.5. The van der Waals surface area contributed by atoms with Crippen LogP contribution in [-0.2, 0) is 19.0 Å². The summed E-state index contributed by atoms with van der Waals surface area (Å²) in [5, 5.41) is 0. The van der Waals surface area contributed by atoms with E-state index in [1.165, 1.54) is 19.3 Å². The second-order valence-electron chi connectivity index (χ2n) is 16.0. The summed E-state index contributed by atoms with van der Waals surface area (Å²) in [4.78, 5) is 13.3.